The maximum atomic E-state index is 11.6. The van der Waals surface area contributed by atoms with Gasteiger partial charge in [0.25, 0.3) is 0 Å². The summed E-state index contributed by atoms with van der Waals surface area (Å²) in [6.45, 7) is 2.01. The van der Waals surface area contributed by atoms with Gasteiger partial charge in [0.15, 0.2) is 0 Å². The third-order valence-electron chi connectivity index (χ3n) is 2.53. The molecule has 0 bridgehead atoms. The molecule has 1 aromatic heterocycles. The van der Waals surface area contributed by atoms with Crippen LogP contribution in [0.4, 0.5) is 0 Å². The van der Waals surface area contributed by atoms with E-state index < -0.39 is 0 Å². The number of fused-ring (bicyclic) bond motifs is 1. The number of aromatic nitrogens is 1. The third-order valence-corrected chi connectivity index (χ3v) is 2.53. The van der Waals surface area contributed by atoms with Crippen LogP contribution in [0, 0.1) is 0 Å². The summed E-state index contributed by atoms with van der Waals surface area (Å²) in [5, 5.41) is 0.932. The van der Waals surface area contributed by atoms with Crippen LogP contribution in [0.2, 0.25) is 0 Å². The number of H-pyrrole nitrogens is 1. The summed E-state index contributed by atoms with van der Waals surface area (Å²) in [6.07, 6.45) is 0.791. The van der Waals surface area contributed by atoms with Crippen molar-refractivity contribution >= 4 is 16.9 Å². The highest BCUT2D eigenvalue weighted by molar-refractivity contribution is 6.05. The van der Waals surface area contributed by atoms with E-state index in [1.807, 2.05) is 31.2 Å². The number of para-hydroxylation sites is 1. The molecule has 0 aliphatic heterocycles. The molecule has 1 heterocycles. The number of esters is 1. The molecule has 0 amide bonds. The molecule has 0 spiro atoms. The molecule has 0 atom stereocenters. The van der Waals surface area contributed by atoms with Crippen molar-refractivity contribution < 1.29 is 9.53 Å². The van der Waals surface area contributed by atoms with E-state index in [1.54, 1.807) is 0 Å². The summed E-state index contributed by atoms with van der Waals surface area (Å²) in [6, 6.07) is 7.75. The van der Waals surface area contributed by atoms with Gasteiger partial charge in [0.05, 0.1) is 12.7 Å². The first-order valence-electron chi connectivity index (χ1n) is 4.95. The van der Waals surface area contributed by atoms with E-state index in [2.05, 4.69) is 4.98 Å². The number of rotatable bonds is 2. The lowest BCUT2D eigenvalue weighted by Gasteiger charge is -1.99. The Balaban J connectivity index is 2.72. The number of carbonyl (C=O) groups excluding carboxylic acids is 1. The van der Waals surface area contributed by atoms with Gasteiger partial charge in [-0.3, -0.25) is 0 Å². The topological polar surface area (TPSA) is 42.1 Å². The van der Waals surface area contributed by atoms with Gasteiger partial charge in [-0.2, -0.15) is 0 Å². The number of carbonyl (C=O) groups is 1. The van der Waals surface area contributed by atoms with Crippen LogP contribution in [0.25, 0.3) is 10.9 Å². The molecule has 2 rings (SSSR count). The van der Waals surface area contributed by atoms with Crippen molar-refractivity contribution in [2.24, 2.45) is 0 Å². The Labute approximate surface area is 88.1 Å². The zero-order valence-corrected chi connectivity index (χ0v) is 8.83. The van der Waals surface area contributed by atoms with Crippen LogP contribution in [0.3, 0.4) is 0 Å². The van der Waals surface area contributed by atoms with Crippen LogP contribution in [0.1, 0.15) is 23.0 Å². The van der Waals surface area contributed by atoms with Gasteiger partial charge in [0, 0.05) is 16.6 Å². The van der Waals surface area contributed by atoms with E-state index in [0.717, 1.165) is 23.0 Å². The second-order valence-corrected chi connectivity index (χ2v) is 3.37. The molecular weight excluding hydrogens is 190 g/mol. The molecule has 3 heteroatoms. The molecule has 2 aromatic rings. The number of hydrogen-bond donors (Lipinski definition) is 1. The minimum absolute atomic E-state index is 0.274. The molecule has 15 heavy (non-hydrogen) atoms. The van der Waals surface area contributed by atoms with Gasteiger partial charge in [-0.15, -0.1) is 0 Å². The average molecular weight is 203 g/mol. The van der Waals surface area contributed by atoms with E-state index in [1.165, 1.54) is 7.11 Å². The van der Waals surface area contributed by atoms with Gasteiger partial charge in [0.2, 0.25) is 0 Å². The SMILES string of the molecule is CCc1[nH]c2ccccc2c1C(=O)OC. The van der Waals surface area contributed by atoms with Crippen LogP contribution < -0.4 is 0 Å². The van der Waals surface area contributed by atoms with Gasteiger partial charge in [0.1, 0.15) is 0 Å². The number of ether oxygens (including phenoxy) is 1. The number of aryl methyl sites for hydroxylation is 1. The molecule has 1 N–H and O–H groups in total. The highest BCUT2D eigenvalue weighted by Crippen LogP contribution is 2.23. The van der Waals surface area contributed by atoms with Crippen molar-refractivity contribution in [1.29, 1.82) is 0 Å². The minimum Gasteiger partial charge on any atom is -0.465 e. The maximum Gasteiger partial charge on any atom is 0.340 e. The molecule has 1 aromatic carbocycles. The van der Waals surface area contributed by atoms with Crippen molar-refractivity contribution in [2.45, 2.75) is 13.3 Å². The molecule has 0 saturated carbocycles. The fourth-order valence-corrected chi connectivity index (χ4v) is 1.80. The largest absolute Gasteiger partial charge is 0.465 e. The molecular formula is C12H13NO2. The minimum atomic E-state index is -0.274. The van der Waals surface area contributed by atoms with Gasteiger partial charge in [-0.25, -0.2) is 4.79 Å². The van der Waals surface area contributed by atoms with Crippen LogP contribution in [-0.2, 0) is 11.2 Å². The summed E-state index contributed by atoms with van der Waals surface area (Å²) in [5.74, 6) is -0.274. The second kappa shape index (κ2) is 3.77. The first kappa shape index (κ1) is 9.77. The summed E-state index contributed by atoms with van der Waals surface area (Å²) < 4.78 is 4.79. The first-order valence-corrected chi connectivity index (χ1v) is 4.95. The van der Waals surface area contributed by atoms with Crippen molar-refractivity contribution in [1.82, 2.24) is 4.98 Å². The van der Waals surface area contributed by atoms with Gasteiger partial charge < -0.3 is 9.72 Å². The Hall–Kier alpha value is -1.77. The first-order chi connectivity index (χ1) is 7.27. The van der Waals surface area contributed by atoms with Crippen molar-refractivity contribution in [3.8, 4) is 0 Å². The Morgan fingerprint density at radius 2 is 2.13 bits per heavy atom. The molecule has 0 aliphatic carbocycles. The van der Waals surface area contributed by atoms with E-state index >= 15 is 0 Å². The molecule has 0 fully saturated rings. The smallest absolute Gasteiger partial charge is 0.340 e. The monoisotopic (exact) mass is 203 g/mol. The number of aromatic amines is 1. The second-order valence-electron chi connectivity index (χ2n) is 3.37. The Bertz CT molecular complexity index is 499. The van der Waals surface area contributed by atoms with Gasteiger partial charge in [-0.1, -0.05) is 25.1 Å². The third kappa shape index (κ3) is 1.50. The number of nitrogens with one attached hydrogen (secondary N) is 1. The molecule has 3 nitrogen and oxygen atoms in total. The maximum absolute atomic E-state index is 11.6. The van der Waals surface area contributed by atoms with Crippen LogP contribution >= 0.6 is 0 Å². The summed E-state index contributed by atoms with van der Waals surface area (Å²) in [7, 11) is 1.41. The highest BCUT2D eigenvalue weighted by atomic mass is 16.5. The standard InChI is InChI=1S/C12H13NO2/c1-3-9-11(12(14)15-2)8-6-4-5-7-10(8)13-9/h4-7,13H,3H2,1-2H3. The lowest BCUT2D eigenvalue weighted by Crippen LogP contribution is -2.03. The molecule has 0 saturated heterocycles. The Morgan fingerprint density at radius 1 is 1.40 bits per heavy atom. The lowest BCUT2D eigenvalue weighted by atomic mass is 10.1. The van der Waals surface area contributed by atoms with E-state index in [0.29, 0.717) is 5.56 Å². The lowest BCUT2D eigenvalue weighted by molar-refractivity contribution is 0.0602. The molecule has 78 valence electrons. The summed E-state index contributed by atoms with van der Waals surface area (Å²) >= 11 is 0. The number of hydrogen-bond acceptors (Lipinski definition) is 2. The summed E-state index contributed by atoms with van der Waals surface area (Å²) in [5.41, 5.74) is 2.58. The predicted molar refractivity (Wildman–Crippen MR) is 59.0 cm³/mol. The molecule has 0 radical (unpaired) electrons. The normalized spacial score (nSPS) is 10.5. The highest BCUT2D eigenvalue weighted by Gasteiger charge is 2.16. The Kier molecular flexibility index (Phi) is 2.46. The average Bonchev–Trinajstić information content (AvgIpc) is 2.66. The number of benzene rings is 1. The molecule has 0 unspecified atom stereocenters. The molecule has 0 aliphatic rings. The number of methoxy groups -OCH3 is 1. The zero-order valence-electron chi connectivity index (χ0n) is 8.83. The van der Waals surface area contributed by atoms with Crippen LogP contribution in [0.5, 0.6) is 0 Å². The van der Waals surface area contributed by atoms with E-state index in [9.17, 15) is 4.79 Å². The van der Waals surface area contributed by atoms with Gasteiger partial charge in [-0.05, 0) is 12.5 Å². The predicted octanol–water partition coefficient (Wildman–Crippen LogP) is 2.52. The fraction of sp³-hybridized carbons (Fsp3) is 0.250. The van der Waals surface area contributed by atoms with Crippen LogP contribution in [0.15, 0.2) is 24.3 Å². The van der Waals surface area contributed by atoms with Crippen molar-refractivity contribution in [3.63, 3.8) is 0 Å². The zero-order chi connectivity index (χ0) is 10.8. The summed E-state index contributed by atoms with van der Waals surface area (Å²) in [4.78, 5) is 14.9. The van der Waals surface area contributed by atoms with E-state index in [-0.39, 0.29) is 5.97 Å². The Morgan fingerprint density at radius 3 is 2.80 bits per heavy atom. The van der Waals surface area contributed by atoms with Crippen LogP contribution in [-0.4, -0.2) is 18.1 Å². The fourth-order valence-electron chi connectivity index (χ4n) is 1.80. The van der Waals surface area contributed by atoms with E-state index in [4.69, 9.17) is 4.74 Å². The quantitative estimate of drug-likeness (QED) is 0.762. The van der Waals surface area contributed by atoms with Crippen molar-refractivity contribution in [2.75, 3.05) is 7.11 Å². The van der Waals surface area contributed by atoms with Gasteiger partial charge >= 0.3 is 5.97 Å². The van der Waals surface area contributed by atoms with Crippen molar-refractivity contribution in [3.05, 3.63) is 35.5 Å².